The fourth-order valence-electron chi connectivity index (χ4n) is 3.63. The molecule has 110 valence electrons. The van der Waals surface area contributed by atoms with Gasteiger partial charge >= 0.3 is 0 Å². The Morgan fingerprint density at radius 1 is 1.10 bits per heavy atom. The summed E-state index contributed by atoms with van der Waals surface area (Å²) in [5, 5.41) is 11.4. The van der Waals surface area contributed by atoms with Crippen LogP contribution in [0.25, 0.3) is 11.5 Å². The molecule has 0 saturated heterocycles. The first-order valence-electron chi connectivity index (χ1n) is 8.01. The van der Waals surface area contributed by atoms with Crippen LogP contribution < -0.4 is 5.32 Å². The molecule has 2 unspecified atom stereocenters. The lowest BCUT2D eigenvalue weighted by Crippen LogP contribution is -2.28. The Hall–Kier alpha value is -1.84. The molecule has 0 aliphatic heterocycles. The van der Waals surface area contributed by atoms with E-state index in [1.165, 1.54) is 44.9 Å². The third-order valence-electron chi connectivity index (χ3n) is 4.84. The lowest BCUT2D eigenvalue weighted by atomic mass is 9.82. The number of benzene rings is 1. The van der Waals surface area contributed by atoms with Crippen molar-refractivity contribution < 1.29 is 4.42 Å². The molecule has 0 bridgehead atoms. The van der Waals surface area contributed by atoms with E-state index in [2.05, 4.69) is 27.6 Å². The van der Waals surface area contributed by atoms with Gasteiger partial charge in [-0.05, 0) is 55.7 Å². The average molecular weight is 283 g/mol. The van der Waals surface area contributed by atoms with Crippen molar-refractivity contribution >= 4 is 5.69 Å². The van der Waals surface area contributed by atoms with E-state index in [0.717, 1.165) is 23.1 Å². The van der Waals surface area contributed by atoms with E-state index in [1.54, 1.807) is 0 Å². The lowest BCUT2D eigenvalue weighted by Gasteiger charge is -2.30. The number of hydrogen-bond acceptors (Lipinski definition) is 4. The molecule has 2 aromatic rings. The third kappa shape index (κ3) is 2.94. The minimum Gasteiger partial charge on any atom is -0.423 e. The molecule has 0 radical (unpaired) electrons. The normalized spacial score (nSPS) is 25.7. The highest BCUT2D eigenvalue weighted by atomic mass is 16.4. The Morgan fingerprint density at radius 3 is 2.86 bits per heavy atom. The van der Waals surface area contributed by atoms with Crippen LogP contribution in [0.1, 0.15) is 38.5 Å². The molecule has 0 amide bonds. The van der Waals surface area contributed by atoms with Gasteiger partial charge in [0.25, 0.3) is 0 Å². The third-order valence-corrected chi connectivity index (χ3v) is 4.84. The van der Waals surface area contributed by atoms with Gasteiger partial charge in [0.15, 0.2) is 0 Å². The van der Waals surface area contributed by atoms with Crippen LogP contribution in [0.3, 0.4) is 0 Å². The number of nitrogens with zero attached hydrogens (tertiary/aromatic N) is 2. The van der Waals surface area contributed by atoms with Crippen molar-refractivity contribution in [1.82, 2.24) is 10.2 Å². The zero-order chi connectivity index (χ0) is 14.1. The van der Waals surface area contributed by atoms with Gasteiger partial charge in [0.05, 0.1) is 0 Å². The van der Waals surface area contributed by atoms with E-state index < -0.39 is 0 Å². The number of aromatic nitrogens is 2. The molecule has 4 rings (SSSR count). The summed E-state index contributed by atoms with van der Waals surface area (Å²) in [5.41, 5.74) is 2.14. The maximum atomic E-state index is 5.27. The van der Waals surface area contributed by atoms with Crippen molar-refractivity contribution in [3.8, 4) is 11.5 Å². The zero-order valence-corrected chi connectivity index (χ0v) is 12.2. The number of rotatable bonds is 4. The van der Waals surface area contributed by atoms with Gasteiger partial charge in [0.2, 0.25) is 12.3 Å². The molecule has 2 aliphatic carbocycles. The summed E-state index contributed by atoms with van der Waals surface area (Å²) < 4.78 is 5.27. The van der Waals surface area contributed by atoms with Crippen LogP contribution >= 0.6 is 0 Å². The Labute approximate surface area is 125 Å². The smallest absolute Gasteiger partial charge is 0.247 e. The molecule has 4 heteroatoms. The fraction of sp³-hybridized carbons (Fsp3) is 0.529. The summed E-state index contributed by atoms with van der Waals surface area (Å²) in [5.74, 6) is 2.56. The van der Waals surface area contributed by atoms with E-state index in [0.29, 0.717) is 11.9 Å². The van der Waals surface area contributed by atoms with Crippen LogP contribution in [-0.4, -0.2) is 16.2 Å². The molecule has 2 fully saturated rings. The lowest BCUT2D eigenvalue weighted by molar-refractivity contribution is 0.303. The molecule has 1 aromatic carbocycles. The largest absolute Gasteiger partial charge is 0.423 e. The Morgan fingerprint density at radius 2 is 2.05 bits per heavy atom. The van der Waals surface area contributed by atoms with Gasteiger partial charge in [0, 0.05) is 17.3 Å². The van der Waals surface area contributed by atoms with Crippen molar-refractivity contribution in [3.05, 3.63) is 30.7 Å². The molecular formula is C17H21N3O. The predicted molar refractivity (Wildman–Crippen MR) is 81.8 cm³/mol. The van der Waals surface area contributed by atoms with Crippen molar-refractivity contribution in [1.29, 1.82) is 0 Å². The Kier molecular flexibility index (Phi) is 3.37. The summed E-state index contributed by atoms with van der Waals surface area (Å²) in [7, 11) is 0. The quantitative estimate of drug-likeness (QED) is 0.917. The molecule has 21 heavy (non-hydrogen) atoms. The second kappa shape index (κ2) is 5.51. The molecule has 2 saturated carbocycles. The average Bonchev–Trinajstić information content (AvgIpc) is 3.23. The van der Waals surface area contributed by atoms with Gasteiger partial charge in [-0.3, -0.25) is 0 Å². The van der Waals surface area contributed by atoms with Gasteiger partial charge in [0.1, 0.15) is 0 Å². The second-order valence-electron chi connectivity index (χ2n) is 6.43. The van der Waals surface area contributed by atoms with Crippen LogP contribution in [-0.2, 0) is 0 Å². The summed E-state index contributed by atoms with van der Waals surface area (Å²) in [6.45, 7) is 0. The summed E-state index contributed by atoms with van der Waals surface area (Å²) >= 11 is 0. The number of nitrogens with one attached hydrogen (secondary N) is 1. The van der Waals surface area contributed by atoms with E-state index >= 15 is 0 Å². The molecule has 0 spiro atoms. The van der Waals surface area contributed by atoms with E-state index in [4.69, 9.17) is 4.42 Å². The van der Waals surface area contributed by atoms with Gasteiger partial charge < -0.3 is 9.73 Å². The zero-order valence-electron chi connectivity index (χ0n) is 12.2. The predicted octanol–water partition coefficient (Wildman–Crippen LogP) is 4.12. The molecule has 4 nitrogen and oxygen atoms in total. The maximum Gasteiger partial charge on any atom is 0.247 e. The summed E-state index contributed by atoms with van der Waals surface area (Å²) in [6.07, 6.45) is 9.71. The molecule has 2 atom stereocenters. The van der Waals surface area contributed by atoms with Crippen LogP contribution in [0.15, 0.2) is 35.1 Å². The van der Waals surface area contributed by atoms with Crippen molar-refractivity contribution in [2.45, 2.75) is 44.6 Å². The number of hydrogen-bond donors (Lipinski definition) is 1. The minimum absolute atomic E-state index is 0.582. The first-order valence-corrected chi connectivity index (χ1v) is 8.01. The molecule has 2 aliphatic rings. The van der Waals surface area contributed by atoms with Crippen LogP contribution in [0.5, 0.6) is 0 Å². The van der Waals surface area contributed by atoms with E-state index in [1.807, 2.05) is 12.1 Å². The van der Waals surface area contributed by atoms with Gasteiger partial charge in [-0.15, -0.1) is 10.2 Å². The molecule has 1 N–H and O–H groups in total. The standard InChI is InChI=1S/C17H21N3O/c1-3-13(12-7-8-12)9-15(5-1)19-16-6-2-4-14(10-16)17-20-18-11-21-17/h2,4,6,10-13,15,19H,1,3,5,7-9H2. The Bertz CT molecular complexity index is 592. The molecule has 1 aromatic heterocycles. The second-order valence-corrected chi connectivity index (χ2v) is 6.43. The fourth-order valence-corrected chi connectivity index (χ4v) is 3.63. The highest BCUT2D eigenvalue weighted by Crippen LogP contribution is 2.44. The van der Waals surface area contributed by atoms with Crippen LogP contribution in [0, 0.1) is 11.8 Å². The first kappa shape index (κ1) is 12.9. The highest BCUT2D eigenvalue weighted by Gasteiger charge is 2.34. The topological polar surface area (TPSA) is 51.0 Å². The van der Waals surface area contributed by atoms with Crippen LogP contribution in [0.4, 0.5) is 5.69 Å². The summed E-state index contributed by atoms with van der Waals surface area (Å²) in [4.78, 5) is 0. The van der Waals surface area contributed by atoms with Crippen molar-refractivity contribution in [2.24, 2.45) is 11.8 Å². The SMILES string of the molecule is c1cc(NC2CCCC(C3CC3)C2)cc(-c2nnco2)c1. The summed E-state index contributed by atoms with van der Waals surface area (Å²) in [6, 6.07) is 8.90. The van der Waals surface area contributed by atoms with Gasteiger partial charge in [-0.2, -0.15) is 0 Å². The van der Waals surface area contributed by atoms with Crippen molar-refractivity contribution in [3.63, 3.8) is 0 Å². The monoisotopic (exact) mass is 283 g/mol. The van der Waals surface area contributed by atoms with E-state index in [-0.39, 0.29) is 0 Å². The maximum absolute atomic E-state index is 5.27. The van der Waals surface area contributed by atoms with Crippen LogP contribution in [0.2, 0.25) is 0 Å². The highest BCUT2D eigenvalue weighted by molar-refractivity contribution is 5.61. The van der Waals surface area contributed by atoms with Gasteiger partial charge in [-0.1, -0.05) is 18.9 Å². The van der Waals surface area contributed by atoms with E-state index in [9.17, 15) is 0 Å². The first-order chi connectivity index (χ1) is 10.4. The molecule has 1 heterocycles. The number of anilines is 1. The Balaban J connectivity index is 1.45. The molecular weight excluding hydrogens is 262 g/mol. The van der Waals surface area contributed by atoms with Gasteiger partial charge in [-0.25, -0.2) is 0 Å². The minimum atomic E-state index is 0.582. The van der Waals surface area contributed by atoms with Crippen molar-refractivity contribution in [2.75, 3.05) is 5.32 Å².